The number of piperidine rings is 1. The Labute approximate surface area is 181 Å². The van der Waals surface area contributed by atoms with Crippen LogP contribution in [-0.4, -0.2) is 44.0 Å². The Kier molecular flexibility index (Phi) is 7.36. The number of carbonyl (C=O) groups is 2. The third-order valence-electron chi connectivity index (χ3n) is 5.13. The van der Waals surface area contributed by atoms with Crippen molar-refractivity contribution >= 4 is 35.2 Å². The van der Waals surface area contributed by atoms with Gasteiger partial charge < -0.3 is 19.7 Å². The van der Waals surface area contributed by atoms with Gasteiger partial charge in [-0.25, -0.2) is 0 Å². The maximum Gasteiger partial charge on any atom is 0.246 e. The van der Waals surface area contributed by atoms with Crippen LogP contribution in [0.5, 0.6) is 11.5 Å². The number of halogens is 1. The first kappa shape index (κ1) is 21.7. The smallest absolute Gasteiger partial charge is 0.246 e. The van der Waals surface area contributed by atoms with Gasteiger partial charge in [0.2, 0.25) is 11.8 Å². The largest absolute Gasteiger partial charge is 0.493 e. The molecule has 7 heteroatoms. The summed E-state index contributed by atoms with van der Waals surface area (Å²) in [7, 11) is 3.05. The van der Waals surface area contributed by atoms with Gasteiger partial charge in [0.05, 0.1) is 24.9 Å². The third kappa shape index (κ3) is 5.33. The van der Waals surface area contributed by atoms with Crippen LogP contribution in [0.15, 0.2) is 48.5 Å². The second-order valence-corrected chi connectivity index (χ2v) is 7.43. The van der Waals surface area contributed by atoms with Crippen molar-refractivity contribution < 1.29 is 19.1 Å². The van der Waals surface area contributed by atoms with Crippen LogP contribution in [-0.2, 0) is 9.59 Å². The Morgan fingerprint density at radius 3 is 2.33 bits per heavy atom. The van der Waals surface area contributed by atoms with Gasteiger partial charge in [-0.1, -0.05) is 41.9 Å². The lowest BCUT2D eigenvalue weighted by Crippen LogP contribution is -2.40. The van der Waals surface area contributed by atoms with E-state index in [4.69, 9.17) is 21.1 Å². The summed E-state index contributed by atoms with van der Waals surface area (Å²) < 4.78 is 10.5. The van der Waals surface area contributed by atoms with Gasteiger partial charge >= 0.3 is 0 Å². The van der Waals surface area contributed by atoms with Crippen molar-refractivity contribution in [2.45, 2.75) is 12.8 Å². The highest BCUT2D eigenvalue weighted by molar-refractivity contribution is 6.34. The molecule has 2 aromatic carbocycles. The summed E-state index contributed by atoms with van der Waals surface area (Å²) >= 11 is 6.26. The molecule has 0 bridgehead atoms. The van der Waals surface area contributed by atoms with Crippen LogP contribution in [0.25, 0.3) is 6.08 Å². The van der Waals surface area contributed by atoms with E-state index < -0.39 is 0 Å². The maximum absolute atomic E-state index is 12.7. The number of methoxy groups -OCH3 is 2. The Bertz CT molecular complexity index is 922. The Hall–Kier alpha value is -2.99. The lowest BCUT2D eigenvalue weighted by Gasteiger charge is -2.30. The van der Waals surface area contributed by atoms with Gasteiger partial charge in [0.25, 0.3) is 0 Å². The molecule has 0 radical (unpaired) electrons. The summed E-state index contributed by atoms with van der Waals surface area (Å²) in [4.78, 5) is 26.9. The Balaban J connectivity index is 1.55. The number of hydrogen-bond donors (Lipinski definition) is 1. The standard InChI is InChI=1S/C23H25ClN2O4/c1-29-20-14-18(24)19(15-21(20)30-2)25-23(28)17-10-12-26(13-11-17)22(27)9-8-16-6-4-3-5-7-16/h3-9,14-15,17H,10-13H2,1-2H3,(H,25,28). The van der Waals surface area contributed by atoms with E-state index in [0.717, 1.165) is 5.56 Å². The van der Waals surface area contributed by atoms with Crippen molar-refractivity contribution in [2.75, 3.05) is 32.6 Å². The summed E-state index contributed by atoms with van der Waals surface area (Å²) in [5, 5.41) is 3.25. The lowest BCUT2D eigenvalue weighted by atomic mass is 9.95. The molecule has 2 amide bonds. The molecule has 0 unspecified atom stereocenters. The predicted octanol–water partition coefficient (Wildman–Crippen LogP) is 4.25. The lowest BCUT2D eigenvalue weighted by molar-refractivity contribution is -0.130. The van der Waals surface area contributed by atoms with E-state index >= 15 is 0 Å². The van der Waals surface area contributed by atoms with Gasteiger partial charge in [-0.2, -0.15) is 0 Å². The molecule has 1 heterocycles. The highest BCUT2D eigenvalue weighted by Crippen LogP contribution is 2.36. The minimum absolute atomic E-state index is 0.0411. The Morgan fingerprint density at radius 1 is 1.07 bits per heavy atom. The molecule has 1 saturated heterocycles. The number of benzene rings is 2. The third-order valence-corrected chi connectivity index (χ3v) is 5.44. The molecule has 2 aromatic rings. The zero-order chi connectivity index (χ0) is 21.5. The number of amides is 2. The van der Waals surface area contributed by atoms with E-state index in [1.54, 1.807) is 29.2 Å². The highest BCUT2D eigenvalue weighted by Gasteiger charge is 2.27. The predicted molar refractivity (Wildman–Crippen MR) is 118 cm³/mol. The van der Waals surface area contributed by atoms with Crippen molar-refractivity contribution in [1.82, 2.24) is 4.90 Å². The molecule has 6 nitrogen and oxygen atoms in total. The number of likely N-dealkylation sites (tertiary alicyclic amines) is 1. The fourth-order valence-corrected chi connectivity index (χ4v) is 3.58. The zero-order valence-corrected chi connectivity index (χ0v) is 17.8. The molecule has 158 valence electrons. The second-order valence-electron chi connectivity index (χ2n) is 7.02. The van der Waals surface area contributed by atoms with Gasteiger partial charge in [0.1, 0.15) is 0 Å². The zero-order valence-electron chi connectivity index (χ0n) is 17.1. The van der Waals surface area contributed by atoms with E-state index in [0.29, 0.717) is 48.1 Å². The quantitative estimate of drug-likeness (QED) is 0.698. The number of nitrogens with zero attached hydrogens (tertiary/aromatic N) is 1. The molecular weight excluding hydrogens is 404 g/mol. The van der Waals surface area contributed by atoms with Crippen molar-refractivity contribution in [3.63, 3.8) is 0 Å². The molecule has 3 rings (SSSR count). The number of nitrogens with one attached hydrogen (secondary N) is 1. The van der Waals surface area contributed by atoms with E-state index in [-0.39, 0.29) is 17.7 Å². The van der Waals surface area contributed by atoms with E-state index in [1.807, 2.05) is 30.3 Å². The fraction of sp³-hybridized carbons (Fsp3) is 0.304. The number of hydrogen-bond acceptors (Lipinski definition) is 4. The molecule has 0 spiro atoms. The molecule has 1 aliphatic heterocycles. The molecule has 1 fully saturated rings. The summed E-state index contributed by atoms with van der Waals surface area (Å²) in [6.45, 7) is 1.07. The molecule has 0 saturated carbocycles. The van der Waals surface area contributed by atoms with E-state index in [9.17, 15) is 9.59 Å². The monoisotopic (exact) mass is 428 g/mol. The van der Waals surface area contributed by atoms with Gasteiger partial charge in [-0.15, -0.1) is 0 Å². The van der Waals surface area contributed by atoms with Gasteiger partial charge in [0, 0.05) is 37.2 Å². The normalized spacial score (nSPS) is 14.6. The van der Waals surface area contributed by atoms with Crippen LogP contribution in [0.3, 0.4) is 0 Å². The maximum atomic E-state index is 12.7. The average molecular weight is 429 g/mol. The second kappa shape index (κ2) is 10.2. The van der Waals surface area contributed by atoms with Crippen LogP contribution in [0, 0.1) is 5.92 Å². The molecule has 0 atom stereocenters. The van der Waals surface area contributed by atoms with Gasteiger partial charge in [-0.3, -0.25) is 9.59 Å². The summed E-state index contributed by atoms with van der Waals surface area (Å²) in [6, 6.07) is 12.9. The molecule has 1 aliphatic rings. The van der Waals surface area contributed by atoms with E-state index in [1.165, 1.54) is 14.2 Å². The molecule has 0 aliphatic carbocycles. The number of anilines is 1. The summed E-state index contributed by atoms with van der Waals surface area (Å²) in [6.07, 6.45) is 4.59. The van der Waals surface area contributed by atoms with Crippen molar-refractivity contribution in [1.29, 1.82) is 0 Å². The van der Waals surface area contributed by atoms with Gasteiger partial charge in [-0.05, 0) is 24.5 Å². The van der Waals surface area contributed by atoms with Crippen molar-refractivity contribution in [3.05, 3.63) is 59.1 Å². The average Bonchev–Trinajstić information content (AvgIpc) is 2.79. The van der Waals surface area contributed by atoms with Crippen molar-refractivity contribution in [2.24, 2.45) is 5.92 Å². The first-order valence-electron chi connectivity index (χ1n) is 9.76. The van der Waals surface area contributed by atoms with Crippen LogP contribution in [0.4, 0.5) is 5.69 Å². The first-order valence-corrected chi connectivity index (χ1v) is 10.1. The summed E-state index contributed by atoms with van der Waals surface area (Å²) in [5.74, 6) is 0.645. The van der Waals surface area contributed by atoms with E-state index in [2.05, 4.69) is 5.32 Å². The number of carbonyl (C=O) groups excluding carboxylic acids is 2. The van der Waals surface area contributed by atoms with Crippen LogP contribution < -0.4 is 14.8 Å². The number of ether oxygens (including phenoxy) is 2. The minimum atomic E-state index is -0.184. The van der Waals surface area contributed by atoms with Crippen LogP contribution in [0.1, 0.15) is 18.4 Å². The number of rotatable bonds is 6. The fourth-order valence-electron chi connectivity index (χ4n) is 3.38. The van der Waals surface area contributed by atoms with Crippen LogP contribution >= 0.6 is 11.6 Å². The molecule has 0 aromatic heterocycles. The Morgan fingerprint density at radius 2 is 1.70 bits per heavy atom. The summed E-state index contributed by atoms with van der Waals surface area (Å²) in [5.41, 5.74) is 1.45. The first-order chi connectivity index (χ1) is 14.5. The SMILES string of the molecule is COc1cc(Cl)c(NC(=O)C2CCN(C(=O)C=Cc3ccccc3)CC2)cc1OC. The molecule has 1 N–H and O–H groups in total. The topological polar surface area (TPSA) is 67.9 Å². The van der Waals surface area contributed by atoms with Gasteiger partial charge in [0.15, 0.2) is 11.5 Å². The molecule has 30 heavy (non-hydrogen) atoms. The van der Waals surface area contributed by atoms with Crippen molar-refractivity contribution in [3.8, 4) is 11.5 Å². The van der Waals surface area contributed by atoms with Crippen LogP contribution in [0.2, 0.25) is 5.02 Å². The molecular formula is C23H25ClN2O4. The highest BCUT2D eigenvalue weighted by atomic mass is 35.5. The minimum Gasteiger partial charge on any atom is -0.493 e.